The average molecular weight is 512 g/mol. The quantitative estimate of drug-likeness (QED) is 0.265. The second kappa shape index (κ2) is 10.3. The molecule has 0 aliphatic rings. The van der Waals surface area contributed by atoms with E-state index >= 15 is 0 Å². The fraction of sp³-hybridized carbons (Fsp3) is 0.0833. The lowest BCUT2D eigenvalue weighted by Gasteiger charge is -2.08. The first-order valence-corrected chi connectivity index (χ1v) is 12.2. The number of aryl methyl sites for hydroxylation is 1. The summed E-state index contributed by atoms with van der Waals surface area (Å²) in [6.07, 6.45) is 0. The van der Waals surface area contributed by atoms with Gasteiger partial charge in [0.1, 0.15) is 0 Å². The Bertz CT molecular complexity index is 1420. The molecule has 0 atom stereocenters. The molecule has 0 spiro atoms. The standard InChI is InChI=1S/C24H18ClN3O4S2/c1-13-6-7-14(25)10-19(13)27-21(29)12-33-24-28-18-9-8-15(11-20(18)34-24)26-22(30)16-4-2-3-5-17(16)23(31)32/h2-11H,12H2,1H3,(H,26,30)(H,27,29)(H,31,32). The molecule has 0 saturated heterocycles. The first kappa shape index (κ1) is 23.7. The summed E-state index contributed by atoms with van der Waals surface area (Å²) in [5.74, 6) is -1.66. The number of thiazole rings is 1. The third kappa shape index (κ3) is 5.56. The predicted octanol–water partition coefficient (Wildman–Crippen LogP) is 5.94. The Balaban J connectivity index is 1.42. The molecule has 0 bridgehead atoms. The molecule has 10 heteroatoms. The van der Waals surface area contributed by atoms with E-state index in [4.69, 9.17) is 11.6 Å². The Labute approximate surface area is 208 Å². The van der Waals surface area contributed by atoms with Crippen molar-refractivity contribution in [2.45, 2.75) is 11.3 Å². The van der Waals surface area contributed by atoms with Crippen LogP contribution in [-0.4, -0.2) is 33.6 Å². The Morgan fingerprint density at radius 3 is 2.56 bits per heavy atom. The normalized spacial score (nSPS) is 10.8. The van der Waals surface area contributed by atoms with Gasteiger partial charge in [-0.2, -0.15) is 0 Å². The van der Waals surface area contributed by atoms with E-state index in [1.807, 2.05) is 13.0 Å². The zero-order chi connectivity index (χ0) is 24.2. The zero-order valence-corrected chi connectivity index (χ0v) is 20.2. The maximum absolute atomic E-state index is 12.6. The third-order valence-corrected chi connectivity index (χ3v) is 7.23. The van der Waals surface area contributed by atoms with Gasteiger partial charge in [0, 0.05) is 16.4 Å². The van der Waals surface area contributed by atoms with Crippen LogP contribution in [0.1, 0.15) is 26.3 Å². The molecule has 0 unspecified atom stereocenters. The Morgan fingerprint density at radius 1 is 1.03 bits per heavy atom. The number of aromatic carboxylic acids is 1. The summed E-state index contributed by atoms with van der Waals surface area (Å²) in [5, 5.41) is 15.4. The molecular formula is C24H18ClN3O4S2. The molecule has 1 aromatic heterocycles. The summed E-state index contributed by atoms with van der Waals surface area (Å²) in [4.78, 5) is 40.9. The monoisotopic (exact) mass is 511 g/mol. The summed E-state index contributed by atoms with van der Waals surface area (Å²) in [7, 11) is 0. The summed E-state index contributed by atoms with van der Waals surface area (Å²) in [5.41, 5.74) is 2.87. The predicted molar refractivity (Wildman–Crippen MR) is 137 cm³/mol. The van der Waals surface area contributed by atoms with Crippen molar-refractivity contribution in [1.82, 2.24) is 4.98 Å². The van der Waals surface area contributed by atoms with Crippen molar-refractivity contribution >= 4 is 74.1 Å². The van der Waals surface area contributed by atoms with Gasteiger partial charge in [-0.15, -0.1) is 11.3 Å². The topological polar surface area (TPSA) is 108 Å². The molecule has 0 aliphatic carbocycles. The zero-order valence-electron chi connectivity index (χ0n) is 17.8. The van der Waals surface area contributed by atoms with Crippen molar-refractivity contribution in [3.63, 3.8) is 0 Å². The van der Waals surface area contributed by atoms with Crippen molar-refractivity contribution < 1.29 is 19.5 Å². The van der Waals surface area contributed by atoms with Crippen LogP contribution in [0.25, 0.3) is 10.2 Å². The van der Waals surface area contributed by atoms with Crippen LogP contribution in [-0.2, 0) is 4.79 Å². The molecule has 3 aromatic carbocycles. The van der Waals surface area contributed by atoms with Gasteiger partial charge in [0.05, 0.1) is 27.1 Å². The molecule has 4 rings (SSSR count). The van der Waals surface area contributed by atoms with Crippen LogP contribution in [0, 0.1) is 6.92 Å². The SMILES string of the molecule is Cc1ccc(Cl)cc1NC(=O)CSc1nc2ccc(NC(=O)c3ccccc3C(=O)O)cc2s1. The number of amides is 2. The molecule has 1 heterocycles. The van der Waals surface area contributed by atoms with Gasteiger partial charge < -0.3 is 15.7 Å². The van der Waals surface area contributed by atoms with E-state index in [9.17, 15) is 19.5 Å². The number of nitrogens with one attached hydrogen (secondary N) is 2. The lowest BCUT2D eigenvalue weighted by molar-refractivity contribution is -0.113. The van der Waals surface area contributed by atoms with Crippen molar-refractivity contribution in [1.29, 1.82) is 0 Å². The summed E-state index contributed by atoms with van der Waals surface area (Å²) >= 11 is 8.72. The number of carboxylic acid groups (broad SMARTS) is 1. The van der Waals surface area contributed by atoms with E-state index < -0.39 is 11.9 Å². The number of thioether (sulfide) groups is 1. The molecule has 172 valence electrons. The highest BCUT2D eigenvalue weighted by Gasteiger charge is 2.16. The van der Waals surface area contributed by atoms with Gasteiger partial charge in [0.15, 0.2) is 4.34 Å². The van der Waals surface area contributed by atoms with Crippen molar-refractivity contribution in [2.24, 2.45) is 0 Å². The Kier molecular flexibility index (Phi) is 7.16. The van der Waals surface area contributed by atoms with Gasteiger partial charge in [0.25, 0.3) is 5.91 Å². The van der Waals surface area contributed by atoms with E-state index in [2.05, 4.69) is 15.6 Å². The number of carboxylic acids is 1. The van der Waals surface area contributed by atoms with E-state index in [1.165, 1.54) is 35.2 Å². The molecule has 0 aliphatic heterocycles. The van der Waals surface area contributed by atoms with Gasteiger partial charge in [-0.25, -0.2) is 9.78 Å². The molecule has 34 heavy (non-hydrogen) atoms. The maximum atomic E-state index is 12.6. The van der Waals surface area contributed by atoms with Gasteiger partial charge in [-0.3, -0.25) is 9.59 Å². The minimum Gasteiger partial charge on any atom is -0.478 e. The number of halogens is 1. The highest BCUT2D eigenvalue weighted by Crippen LogP contribution is 2.31. The number of carbonyl (C=O) groups excluding carboxylic acids is 2. The van der Waals surface area contributed by atoms with Crippen molar-refractivity contribution in [2.75, 3.05) is 16.4 Å². The number of carbonyl (C=O) groups is 3. The number of benzene rings is 3. The summed E-state index contributed by atoms with van der Waals surface area (Å²) in [6.45, 7) is 1.89. The van der Waals surface area contributed by atoms with Crippen LogP contribution in [0.15, 0.2) is 65.0 Å². The fourth-order valence-corrected chi connectivity index (χ4v) is 5.23. The average Bonchev–Trinajstić information content (AvgIpc) is 3.22. The number of hydrogen-bond donors (Lipinski definition) is 3. The molecule has 3 N–H and O–H groups in total. The number of anilines is 2. The van der Waals surface area contributed by atoms with Crippen molar-refractivity contribution in [3.05, 3.63) is 82.4 Å². The highest BCUT2D eigenvalue weighted by molar-refractivity contribution is 8.01. The van der Waals surface area contributed by atoms with Crippen LogP contribution < -0.4 is 10.6 Å². The van der Waals surface area contributed by atoms with Crippen LogP contribution in [0.5, 0.6) is 0 Å². The van der Waals surface area contributed by atoms with Crippen LogP contribution >= 0.6 is 34.7 Å². The number of nitrogens with zero attached hydrogens (tertiary/aromatic N) is 1. The molecule has 7 nitrogen and oxygen atoms in total. The summed E-state index contributed by atoms with van der Waals surface area (Å²) in [6, 6.07) is 16.6. The first-order valence-electron chi connectivity index (χ1n) is 10.0. The largest absolute Gasteiger partial charge is 0.478 e. The van der Waals surface area contributed by atoms with Gasteiger partial charge >= 0.3 is 5.97 Å². The summed E-state index contributed by atoms with van der Waals surface area (Å²) < 4.78 is 1.55. The van der Waals surface area contributed by atoms with E-state index in [0.717, 1.165) is 15.8 Å². The molecule has 4 aromatic rings. The fourth-order valence-electron chi connectivity index (χ4n) is 3.15. The molecule has 2 amide bonds. The Morgan fingerprint density at radius 2 is 1.79 bits per heavy atom. The molecule has 0 saturated carbocycles. The van der Waals surface area contributed by atoms with E-state index in [1.54, 1.807) is 42.5 Å². The lowest BCUT2D eigenvalue weighted by Crippen LogP contribution is -2.16. The minimum absolute atomic E-state index is 0.0659. The van der Waals surface area contributed by atoms with Crippen LogP contribution in [0.2, 0.25) is 5.02 Å². The maximum Gasteiger partial charge on any atom is 0.336 e. The third-order valence-electron chi connectivity index (χ3n) is 4.83. The molecular weight excluding hydrogens is 494 g/mol. The number of rotatable bonds is 7. The lowest BCUT2D eigenvalue weighted by atomic mass is 10.1. The van der Waals surface area contributed by atoms with Crippen LogP contribution in [0.3, 0.4) is 0 Å². The number of fused-ring (bicyclic) bond motifs is 1. The van der Waals surface area contributed by atoms with Gasteiger partial charge in [-0.05, 0) is 55.0 Å². The van der Waals surface area contributed by atoms with E-state index in [0.29, 0.717) is 20.7 Å². The van der Waals surface area contributed by atoms with Crippen molar-refractivity contribution in [3.8, 4) is 0 Å². The first-order chi connectivity index (χ1) is 16.3. The van der Waals surface area contributed by atoms with E-state index in [-0.39, 0.29) is 22.8 Å². The highest BCUT2D eigenvalue weighted by atomic mass is 35.5. The number of hydrogen-bond acceptors (Lipinski definition) is 6. The minimum atomic E-state index is -1.17. The second-order valence-electron chi connectivity index (χ2n) is 7.26. The van der Waals surface area contributed by atoms with Gasteiger partial charge in [-0.1, -0.05) is 41.6 Å². The molecule has 0 fully saturated rings. The van der Waals surface area contributed by atoms with Gasteiger partial charge in [0.2, 0.25) is 5.91 Å². The van der Waals surface area contributed by atoms with Crippen LogP contribution in [0.4, 0.5) is 11.4 Å². The molecule has 0 radical (unpaired) electrons. The Hall–Kier alpha value is -3.40. The smallest absolute Gasteiger partial charge is 0.336 e. The number of aromatic nitrogens is 1. The second-order valence-corrected chi connectivity index (χ2v) is 9.95.